The number of ether oxygens (including phenoxy) is 1. The highest BCUT2D eigenvalue weighted by Crippen LogP contribution is 2.29. The molecule has 1 N–H and O–H groups in total. The zero-order valence-electron chi connectivity index (χ0n) is 17.6. The number of aromatic nitrogens is 2. The van der Waals surface area contributed by atoms with Gasteiger partial charge in [-0.1, -0.05) is 23.7 Å². The van der Waals surface area contributed by atoms with Gasteiger partial charge in [0.25, 0.3) is 0 Å². The lowest BCUT2D eigenvalue weighted by Crippen LogP contribution is -2.22. The van der Waals surface area contributed by atoms with Crippen LogP contribution >= 0.6 is 11.6 Å². The van der Waals surface area contributed by atoms with Crippen molar-refractivity contribution < 1.29 is 13.2 Å². The van der Waals surface area contributed by atoms with Crippen LogP contribution in [-0.2, 0) is 16.6 Å². The van der Waals surface area contributed by atoms with E-state index >= 15 is 0 Å². The van der Waals surface area contributed by atoms with Gasteiger partial charge >= 0.3 is 0 Å². The fourth-order valence-corrected chi connectivity index (χ4v) is 4.56. The molecule has 2 heterocycles. The minimum atomic E-state index is -3.37. The summed E-state index contributed by atoms with van der Waals surface area (Å²) >= 11 is 6.00. The number of fused-ring (bicyclic) bond motifs is 1. The summed E-state index contributed by atoms with van der Waals surface area (Å²) in [4.78, 5) is 2.45. The Bertz CT molecular complexity index is 1140. The second-order valence-corrected chi connectivity index (χ2v) is 10.1. The summed E-state index contributed by atoms with van der Waals surface area (Å²) in [5.41, 5.74) is 2.43. The van der Waals surface area contributed by atoms with Gasteiger partial charge in [-0.15, -0.1) is 5.10 Å². The summed E-state index contributed by atoms with van der Waals surface area (Å²) in [7, 11) is -3.37. The summed E-state index contributed by atoms with van der Waals surface area (Å²) in [5, 5.41) is 6.15. The molecule has 1 aliphatic heterocycles. The van der Waals surface area contributed by atoms with E-state index in [2.05, 4.69) is 14.7 Å². The summed E-state index contributed by atoms with van der Waals surface area (Å²) in [6.07, 6.45) is 4.61. The zero-order chi connectivity index (χ0) is 21.8. The molecule has 4 rings (SSSR count). The maximum absolute atomic E-state index is 11.7. The van der Waals surface area contributed by atoms with Crippen LogP contribution in [0.2, 0.25) is 5.02 Å². The number of nitrogens with one attached hydrogen (secondary N) is 1. The molecular weight excluding hydrogens is 436 g/mol. The minimum Gasteiger partial charge on any atom is -0.476 e. The van der Waals surface area contributed by atoms with Gasteiger partial charge in [-0.25, -0.2) is 8.42 Å². The van der Waals surface area contributed by atoms with Crippen LogP contribution in [0.5, 0.6) is 5.88 Å². The van der Waals surface area contributed by atoms with Gasteiger partial charge in [0.15, 0.2) is 0 Å². The van der Waals surface area contributed by atoms with Crippen LogP contribution in [0.15, 0.2) is 42.5 Å². The van der Waals surface area contributed by atoms with E-state index in [0.717, 1.165) is 35.7 Å². The number of anilines is 1. The van der Waals surface area contributed by atoms with Crippen molar-refractivity contribution in [3.8, 4) is 5.88 Å². The number of likely N-dealkylation sites (tertiary alicyclic amines) is 1. The van der Waals surface area contributed by atoms with Crippen LogP contribution < -0.4 is 9.46 Å². The lowest BCUT2D eigenvalue weighted by atomic mass is 10.2. The molecule has 1 fully saturated rings. The van der Waals surface area contributed by atoms with Gasteiger partial charge < -0.3 is 9.64 Å². The Labute approximate surface area is 188 Å². The van der Waals surface area contributed by atoms with Crippen LogP contribution in [0, 0.1) is 0 Å². The summed E-state index contributed by atoms with van der Waals surface area (Å²) < 4.78 is 33.8. The van der Waals surface area contributed by atoms with E-state index in [1.54, 1.807) is 12.1 Å². The molecule has 7 nitrogen and oxygen atoms in total. The van der Waals surface area contributed by atoms with Gasteiger partial charge in [0, 0.05) is 17.3 Å². The maximum Gasteiger partial charge on any atom is 0.240 e. The van der Waals surface area contributed by atoms with Crippen molar-refractivity contribution in [3.63, 3.8) is 0 Å². The van der Waals surface area contributed by atoms with Crippen LogP contribution in [-0.4, -0.2) is 55.6 Å². The molecule has 0 radical (unpaired) electrons. The Balaban J connectivity index is 1.56. The number of rotatable bonds is 9. The van der Waals surface area contributed by atoms with Crippen LogP contribution in [0.25, 0.3) is 10.9 Å². The zero-order valence-corrected chi connectivity index (χ0v) is 19.1. The Morgan fingerprint density at radius 1 is 1.13 bits per heavy atom. The van der Waals surface area contributed by atoms with Gasteiger partial charge in [-0.2, -0.15) is 0 Å². The summed E-state index contributed by atoms with van der Waals surface area (Å²) in [6, 6.07) is 13.0. The number of hydrogen-bond acceptors (Lipinski definition) is 5. The average molecular weight is 463 g/mol. The molecule has 0 spiro atoms. The first-order valence-corrected chi connectivity index (χ1v) is 12.7. The molecule has 1 saturated heterocycles. The Morgan fingerprint density at radius 2 is 1.87 bits per heavy atom. The van der Waals surface area contributed by atoms with E-state index < -0.39 is 10.0 Å². The second kappa shape index (κ2) is 9.46. The molecule has 3 aromatic rings. The predicted octanol–water partition coefficient (Wildman–Crippen LogP) is 3.97. The van der Waals surface area contributed by atoms with Crippen LogP contribution in [0.1, 0.15) is 24.8 Å². The van der Waals surface area contributed by atoms with Gasteiger partial charge in [-0.05, 0) is 68.2 Å². The van der Waals surface area contributed by atoms with E-state index in [4.69, 9.17) is 16.3 Å². The highest BCUT2D eigenvalue weighted by molar-refractivity contribution is 7.92. The Hall–Kier alpha value is -2.29. The third-order valence-corrected chi connectivity index (χ3v) is 6.18. The van der Waals surface area contributed by atoms with Crippen LogP contribution in [0.4, 0.5) is 5.69 Å². The maximum atomic E-state index is 11.7. The molecule has 0 bridgehead atoms. The molecule has 0 atom stereocenters. The van der Waals surface area contributed by atoms with Crippen molar-refractivity contribution in [1.29, 1.82) is 0 Å². The standard InChI is InChI=1S/C22H27ClN4O3S/c1-31(28,29)25-19-9-10-21-20(15-19)22(30-14-4-13-26-11-2-3-12-26)24-27(21)16-17-5-7-18(23)8-6-17/h5-10,15,25H,2-4,11-14,16H2,1H3. The molecule has 1 aromatic heterocycles. The van der Waals surface area contributed by atoms with Crippen molar-refractivity contribution in [2.75, 3.05) is 37.2 Å². The van der Waals surface area contributed by atoms with Crippen LogP contribution in [0.3, 0.4) is 0 Å². The molecule has 0 unspecified atom stereocenters. The first kappa shape index (κ1) is 21.9. The van der Waals surface area contributed by atoms with Crippen molar-refractivity contribution in [2.45, 2.75) is 25.8 Å². The first-order valence-electron chi connectivity index (χ1n) is 10.5. The molecule has 1 aliphatic rings. The number of halogens is 1. The van der Waals surface area contributed by atoms with E-state index in [0.29, 0.717) is 29.7 Å². The van der Waals surface area contributed by atoms with Gasteiger partial charge in [0.1, 0.15) is 0 Å². The summed E-state index contributed by atoms with van der Waals surface area (Å²) in [5.74, 6) is 0.516. The van der Waals surface area contributed by atoms with E-state index in [1.807, 2.05) is 35.0 Å². The van der Waals surface area contributed by atoms with E-state index in [-0.39, 0.29) is 0 Å². The highest BCUT2D eigenvalue weighted by atomic mass is 35.5. The summed E-state index contributed by atoms with van der Waals surface area (Å²) in [6.45, 7) is 4.47. The lowest BCUT2D eigenvalue weighted by molar-refractivity contribution is 0.257. The number of benzene rings is 2. The number of hydrogen-bond donors (Lipinski definition) is 1. The lowest BCUT2D eigenvalue weighted by Gasteiger charge is -2.13. The fraction of sp³-hybridized carbons (Fsp3) is 0.409. The fourth-order valence-electron chi connectivity index (χ4n) is 3.88. The smallest absolute Gasteiger partial charge is 0.240 e. The second-order valence-electron chi connectivity index (χ2n) is 7.95. The molecule has 0 aliphatic carbocycles. The van der Waals surface area contributed by atoms with Gasteiger partial charge in [0.05, 0.1) is 30.3 Å². The van der Waals surface area contributed by atoms with E-state index in [9.17, 15) is 8.42 Å². The molecule has 0 amide bonds. The topological polar surface area (TPSA) is 76.5 Å². The first-order chi connectivity index (χ1) is 14.9. The minimum absolute atomic E-state index is 0.489. The molecule has 166 valence electrons. The SMILES string of the molecule is CS(=O)(=O)Nc1ccc2c(c1)c(OCCCN1CCCC1)nn2Cc1ccc(Cl)cc1. The average Bonchev–Trinajstić information content (AvgIpc) is 3.34. The molecule has 2 aromatic carbocycles. The third kappa shape index (κ3) is 5.90. The molecule has 31 heavy (non-hydrogen) atoms. The van der Waals surface area contributed by atoms with Crippen molar-refractivity contribution >= 4 is 38.2 Å². The molecular formula is C22H27ClN4O3S. The van der Waals surface area contributed by atoms with Gasteiger partial charge in [0.2, 0.25) is 15.9 Å². The normalized spacial score (nSPS) is 14.9. The number of sulfonamides is 1. The van der Waals surface area contributed by atoms with E-state index in [1.165, 1.54) is 25.9 Å². The van der Waals surface area contributed by atoms with Crippen molar-refractivity contribution in [3.05, 3.63) is 53.1 Å². The molecule has 9 heteroatoms. The van der Waals surface area contributed by atoms with Gasteiger partial charge in [-0.3, -0.25) is 9.40 Å². The van der Waals surface area contributed by atoms with Crippen molar-refractivity contribution in [2.24, 2.45) is 0 Å². The number of nitrogens with zero attached hydrogens (tertiary/aromatic N) is 3. The predicted molar refractivity (Wildman–Crippen MR) is 125 cm³/mol. The largest absolute Gasteiger partial charge is 0.476 e. The molecule has 0 saturated carbocycles. The Kier molecular flexibility index (Phi) is 6.69. The third-order valence-electron chi connectivity index (χ3n) is 5.32. The monoisotopic (exact) mass is 462 g/mol. The quantitative estimate of drug-likeness (QED) is 0.487. The van der Waals surface area contributed by atoms with Crippen molar-refractivity contribution in [1.82, 2.24) is 14.7 Å². The highest BCUT2D eigenvalue weighted by Gasteiger charge is 2.15. The Morgan fingerprint density at radius 3 is 2.58 bits per heavy atom.